The average Bonchev–Trinajstić information content (AvgIpc) is 2.97. The molecule has 222 valence electrons. The van der Waals surface area contributed by atoms with Gasteiger partial charge < -0.3 is 15.8 Å². The molecule has 0 saturated carbocycles. The molecule has 1 heterocycles. The first-order chi connectivity index (χ1) is 20.1. The number of rotatable bonds is 11. The maximum atomic E-state index is 14.8. The van der Waals surface area contributed by atoms with Crippen molar-refractivity contribution in [1.29, 1.82) is 0 Å². The van der Waals surface area contributed by atoms with E-state index in [0.717, 1.165) is 39.1 Å². The second-order valence-electron chi connectivity index (χ2n) is 9.51. The summed E-state index contributed by atoms with van der Waals surface area (Å²) in [5, 5.41) is 3.36. The van der Waals surface area contributed by atoms with E-state index in [-0.39, 0.29) is 28.4 Å². The Labute approximate surface area is 244 Å². The number of alkyl halides is 3. The molecular weight excluding hydrogens is 576 g/mol. The number of nitrogens with one attached hydrogen (secondary N) is 1. The molecule has 0 unspecified atom stereocenters. The lowest BCUT2D eigenvalue weighted by molar-refractivity contribution is -0.138. The minimum Gasteiger partial charge on any atom is -0.495 e. The molecule has 42 heavy (non-hydrogen) atoms. The molecule has 4 aromatic rings. The molecule has 0 aliphatic rings. The van der Waals surface area contributed by atoms with Crippen LogP contribution in [0.1, 0.15) is 29.2 Å². The lowest BCUT2D eigenvalue weighted by atomic mass is 10.0. The molecule has 12 heteroatoms. The predicted octanol–water partition coefficient (Wildman–Crippen LogP) is 5.22. The van der Waals surface area contributed by atoms with E-state index in [9.17, 15) is 27.2 Å². The van der Waals surface area contributed by atoms with Gasteiger partial charge in [0, 0.05) is 17.3 Å². The van der Waals surface area contributed by atoms with Gasteiger partial charge in [0.2, 0.25) is 0 Å². The summed E-state index contributed by atoms with van der Waals surface area (Å²) in [6.07, 6.45) is -3.15. The van der Waals surface area contributed by atoms with Crippen molar-refractivity contribution in [3.8, 4) is 16.9 Å². The van der Waals surface area contributed by atoms with Gasteiger partial charge in [-0.3, -0.25) is 13.9 Å². The quantitative estimate of drug-likeness (QED) is 0.181. The van der Waals surface area contributed by atoms with Crippen molar-refractivity contribution in [1.82, 2.24) is 14.5 Å². The second kappa shape index (κ2) is 13.4. The van der Waals surface area contributed by atoms with Gasteiger partial charge in [0.25, 0.3) is 5.56 Å². The summed E-state index contributed by atoms with van der Waals surface area (Å²) in [7, 11) is 1.39. The molecule has 0 amide bonds. The van der Waals surface area contributed by atoms with Crippen LogP contribution >= 0.6 is 11.6 Å². The van der Waals surface area contributed by atoms with Gasteiger partial charge >= 0.3 is 11.9 Å². The van der Waals surface area contributed by atoms with Crippen molar-refractivity contribution < 1.29 is 22.3 Å². The van der Waals surface area contributed by atoms with E-state index >= 15 is 0 Å². The highest BCUT2D eigenvalue weighted by Crippen LogP contribution is 2.35. The van der Waals surface area contributed by atoms with Gasteiger partial charge in [-0.2, -0.15) is 13.2 Å². The van der Waals surface area contributed by atoms with Crippen molar-refractivity contribution in [2.24, 2.45) is 5.73 Å². The minimum absolute atomic E-state index is 0.0661. The Morgan fingerprint density at radius 2 is 1.71 bits per heavy atom. The fourth-order valence-corrected chi connectivity index (χ4v) is 4.98. The lowest BCUT2D eigenvalue weighted by Crippen LogP contribution is -2.43. The fraction of sp³-hybridized carbons (Fsp3) is 0.267. The molecule has 4 rings (SSSR count). The smallest absolute Gasteiger partial charge is 0.416 e. The zero-order chi connectivity index (χ0) is 30.4. The molecule has 1 atom stereocenters. The van der Waals surface area contributed by atoms with Crippen LogP contribution in [-0.4, -0.2) is 29.3 Å². The van der Waals surface area contributed by atoms with Crippen molar-refractivity contribution in [2.45, 2.75) is 31.7 Å². The zero-order valence-corrected chi connectivity index (χ0v) is 23.4. The molecule has 7 nitrogen and oxygen atoms in total. The van der Waals surface area contributed by atoms with E-state index < -0.39 is 47.0 Å². The maximum absolute atomic E-state index is 14.8. The van der Waals surface area contributed by atoms with Gasteiger partial charge in [-0.15, -0.1) is 0 Å². The molecule has 0 bridgehead atoms. The molecule has 0 radical (unpaired) electrons. The van der Waals surface area contributed by atoms with Crippen LogP contribution < -0.4 is 27.0 Å². The molecular formula is C30H29ClF4N4O3. The van der Waals surface area contributed by atoms with Crippen molar-refractivity contribution in [3.05, 3.63) is 121 Å². The highest BCUT2D eigenvalue weighted by atomic mass is 35.5. The molecule has 0 aliphatic heterocycles. The highest BCUT2D eigenvalue weighted by molar-refractivity contribution is 6.34. The zero-order valence-electron chi connectivity index (χ0n) is 22.6. The Kier molecular flexibility index (Phi) is 9.87. The number of nitrogens with zero attached hydrogens (tertiary/aromatic N) is 2. The fourth-order valence-electron chi connectivity index (χ4n) is 4.68. The van der Waals surface area contributed by atoms with Crippen LogP contribution in [0.5, 0.6) is 5.75 Å². The van der Waals surface area contributed by atoms with Crippen LogP contribution in [-0.2, 0) is 19.3 Å². The SMILES string of the molecule is COc1cccc(-c2cn(Cc3c(F)cccc3C(F)(F)F)c(=O)n(C[C@@H](NCCCN)c3ccccc3)c2=O)c1Cl. The third-order valence-corrected chi connectivity index (χ3v) is 7.19. The van der Waals surface area contributed by atoms with Crippen LogP contribution in [0.15, 0.2) is 82.5 Å². The molecule has 0 aliphatic carbocycles. The first-order valence-electron chi connectivity index (χ1n) is 13.1. The number of halogens is 5. The molecule has 0 saturated heterocycles. The van der Waals surface area contributed by atoms with Gasteiger partial charge in [0.15, 0.2) is 0 Å². The number of nitrogens with two attached hydrogens (primary N) is 1. The summed E-state index contributed by atoms with van der Waals surface area (Å²) < 4.78 is 63.3. The normalized spacial score (nSPS) is 12.4. The lowest BCUT2D eigenvalue weighted by Gasteiger charge is -2.22. The van der Waals surface area contributed by atoms with E-state index in [2.05, 4.69) is 5.32 Å². The van der Waals surface area contributed by atoms with Crippen LogP contribution in [0, 0.1) is 5.82 Å². The largest absolute Gasteiger partial charge is 0.495 e. The minimum atomic E-state index is -4.88. The third-order valence-electron chi connectivity index (χ3n) is 6.80. The molecule has 1 aromatic heterocycles. The van der Waals surface area contributed by atoms with Crippen LogP contribution in [0.4, 0.5) is 17.6 Å². The van der Waals surface area contributed by atoms with Gasteiger partial charge in [0.1, 0.15) is 11.6 Å². The van der Waals surface area contributed by atoms with Crippen LogP contribution in [0.25, 0.3) is 11.1 Å². The molecule has 0 spiro atoms. The highest BCUT2D eigenvalue weighted by Gasteiger charge is 2.35. The number of hydrogen-bond acceptors (Lipinski definition) is 5. The summed E-state index contributed by atoms with van der Waals surface area (Å²) in [5.41, 5.74) is 2.93. The topological polar surface area (TPSA) is 91.3 Å². The van der Waals surface area contributed by atoms with E-state index in [4.69, 9.17) is 22.1 Å². The number of benzene rings is 3. The van der Waals surface area contributed by atoms with Gasteiger partial charge in [-0.25, -0.2) is 9.18 Å². The number of ether oxygens (including phenoxy) is 1. The van der Waals surface area contributed by atoms with Gasteiger partial charge in [0.05, 0.1) is 42.4 Å². The molecule has 3 aromatic carbocycles. The van der Waals surface area contributed by atoms with E-state index in [0.29, 0.717) is 19.5 Å². The molecule has 3 N–H and O–H groups in total. The Morgan fingerprint density at radius 3 is 2.38 bits per heavy atom. The Morgan fingerprint density at radius 1 is 1.00 bits per heavy atom. The summed E-state index contributed by atoms with van der Waals surface area (Å²) in [6.45, 7) is -0.0727. The van der Waals surface area contributed by atoms with Crippen molar-refractivity contribution in [3.63, 3.8) is 0 Å². The maximum Gasteiger partial charge on any atom is 0.416 e. The second-order valence-corrected chi connectivity index (χ2v) is 9.89. The summed E-state index contributed by atoms with van der Waals surface area (Å²) in [4.78, 5) is 27.7. The Bertz CT molecular complexity index is 1660. The standard InChI is InChI=1S/C30H29ClF4N4O3/c1-42-26-13-5-10-20(27(26)31)21-16-38(17-22-23(30(33,34)35)11-6-12-24(22)32)29(41)39(28(21)40)18-25(37-15-7-14-36)19-8-3-2-4-9-19/h2-6,8-13,16,25,37H,7,14-15,17-18,36H2,1H3/t25-/m1/s1. The Balaban J connectivity index is 1.94. The van der Waals surface area contributed by atoms with Gasteiger partial charge in [-0.1, -0.05) is 60.1 Å². The average molecular weight is 605 g/mol. The summed E-state index contributed by atoms with van der Waals surface area (Å²) in [5.74, 6) is -0.891. The van der Waals surface area contributed by atoms with Crippen LogP contribution in [0.3, 0.4) is 0 Å². The summed E-state index contributed by atoms with van der Waals surface area (Å²) in [6, 6.07) is 15.8. The van der Waals surface area contributed by atoms with Crippen LogP contribution in [0.2, 0.25) is 5.02 Å². The number of hydrogen-bond donors (Lipinski definition) is 2. The van der Waals surface area contributed by atoms with E-state index in [1.165, 1.54) is 13.2 Å². The van der Waals surface area contributed by atoms with Crippen molar-refractivity contribution in [2.75, 3.05) is 20.2 Å². The molecule has 0 fully saturated rings. The first kappa shape index (κ1) is 31.0. The van der Waals surface area contributed by atoms with E-state index in [1.807, 2.05) is 18.2 Å². The first-order valence-corrected chi connectivity index (χ1v) is 13.4. The number of methoxy groups -OCH3 is 1. The Hall–Kier alpha value is -3.93. The summed E-state index contributed by atoms with van der Waals surface area (Å²) >= 11 is 6.52. The van der Waals surface area contributed by atoms with E-state index in [1.54, 1.807) is 24.3 Å². The van der Waals surface area contributed by atoms with Crippen molar-refractivity contribution >= 4 is 11.6 Å². The monoisotopic (exact) mass is 604 g/mol. The van der Waals surface area contributed by atoms with Gasteiger partial charge in [-0.05, 0) is 43.3 Å². The third kappa shape index (κ3) is 6.75. The predicted molar refractivity (Wildman–Crippen MR) is 153 cm³/mol. The number of aromatic nitrogens is 2.